The summed E-state index contributed by atoms with van der Waals surface area (Å²) < 4.78 is 0. The summed E-state index contributed by atoms with van der Waals surface area (Å²) in [5.74, 6) is 0.323. The van der Waals surface area contributed by atoms with Crippen LogP contribution in [0.2, 0.25) is 0 Å². The van der Waals surface area contributed by atoms with Crippen molar-refractivity contribution in [3.63, 3.8) is 0 Å². The van der Waals surface area contributed by atoms with Crippen LogP contribution in [0.5, 0.6) is 0 Å². The van der Waals surface area contributed by atoms with Crippen LogP contribution in [0.15, 0.2) is 18.5 Å². The van der Waals surface area contributed by atoms with Crippen molar-refractivity contribution in [1.82, 2.24) is 20.8 Å². The number of nitrogens with zero attached hydrogens (tertiary/aromatic N) is 2. The highest BCUT2D eigenvalue weighted by Crippen LogP contribution is 2.26. The molecule has 2 amide bonds. The average Bonchev–Trinajstić information content (AvgIpc) is 2.67. The zero-order valence-electron chi connectivity index (χ0n) is 15.2. The zero-order valence-corrected chi connectivity index (χ0v) is 15.2. The summed E-state index contributed by atoms with van der Waals surface area (Å²) in [6, 6.07) is -0.264. The standard InChI is InChI=1S/C18H27N5O3/c1-12(14-6-4-3-5-7-14)22-18(25)13(2)21-16-11-19-15(10-20-16)8-9-17(24)23-26/h8-14,26H,3-7H2,1-2H3,(H,20,21)(H,22,25)(H,23,24)/t12-,13+/m0/s1. The summed E-state index contributed by atoms with van der Waals surface area (Å²) in [6.07, 6.45) is 11.7. The first-order valence-electron chi connectivity index (χ1n) is 9.00. The minimum atomic E-state index is -0.647. The van der Waals surface area contributed by atoms with Crippen LogP contribution >= 0.6 is 0 Å². The summed E-state index contributed by atoms with van der Waals surface area (Å²) in [5.41, 5.74) is 1.95. The van der Waals surface area contributed by atoms with Crippen LogP contribution in [0.4, 0.5) is 5.82 Å². The quantitative estimate of drug-likeness (QED) is 0.335. The molecule has 1 saturated carbocycles. The normalized spacial score (nSPS) is 17.5. The zero-order chi connectivity index (χ0) is 18.9. The minimum absolute atomic E-state index is 0.0616. The number of hydrogen-bond donors (Lipinski definition) is 4. The van der Waals surface area contributed by atoms with E-state index in [2.05, 4.69) is 27.5 Å². The first-order valence-corrected chi connectivity index (χ1v) is 9.00. The molecule has 8 heteroatoms. The number of carbonyl (C=O) groups excluding carboxylic acids is 2. The van der Waals surface area contributed by atoms with E-state index in [1.807, 2.05) is 0 Å². The number of aromatic nitrogens is 2. The molecule has 2 rings (SSSR count). The third-order valence-corrected chi connectivity index (χ3v) is 4.67. The summed E-state index contributed by atoms with van der Waals surface area (Å²) >= 11 is 0. The Morgan fingerprint density at radius 3 is 2.54 bits per heavy atom. The first kappa shape index (κ1) is 19.8. The lowest BCUT2D eigenvalue weighted by Crippen LogP contribution is -2.45. The summed E-state index contributed by atoms with van der Waals surface area (Å²) in [4.78, 5) is 31.6. The van der Waals surface area contributed by atoms with Gasteiger partial charge in [-0.3, -0.25) is 19.8 Å². The predicted molar refractivity (Wildman–Crippen MR) is 98.3 cm³/mol. The van der Waals surface area contributed by atoms with E-state index < -0.39 is 11.9 Å². The van der Waals surface area contributed by atoms with Gasteiger partial charge in [0.1, 0.15) is 11.9 Å². The smallest absolute Gasteiger partial charge is 0.267 e. The van der Waals surface area contributed by atoms with Crippen LogP contribution in [0.25, 0.3) is 6.08 Å². The van der Waals surface area contributed by atoms with Crippen molar-refractivity contribution in [2.75, 3.05) is 5.32 Å². The lowest BCUT2D eigenvalue weighted by molar-refractivity contribution is -0.124. The Morgan fingerprint density at radius 1 is 1.19 bits per heavy atom. The van der Waals surface area contributed by atoms with Gasteiger partial charge in [-0.1, -0.05) is 19.3 Å². The fraction of sp³-hybridized carbons (Fsp3) is 0.556. The van der Waals surface area contributed by atoms with Gasteiger partial charge in [0.25, 0.3) is 5.91 Å². The van der Waals surface area contributed by atoms with E-state index in [1.165, 1.54) is 56.1 Å². The van der Waals surface area contributed by atoms with Crippen LogP contribution in [0.3, 0.4) is 0 Å². The number of nitrogens with one attached hydrogen (secondary N) is 3. The Hall–Kier alpha value is -2.48. The molecule has 0 aliphatic heterocycles. The molecule has 8 nitrogen and oxygen atoms in total. The highest BCUT2D eigenvalue weighted by molar-refractivity contribution is 5.90. The predicted octanol–water partition coefficient (Wildman–Crippen LogP) is 1.88. The van der Waals surface area contributed by atoms with E-state index in [9.17, 15) is 9.59 Å². The van der Waals surface area contributed by atoms with E-state index in [4.69, 9.17) is 5.21 Å². The van der Waals surface area contributed by atoms with Crippen molar-refractivity contribution >= 4 is 23.7 Å². The maximum Gasteiger partial charge on any atom is 0.267 e. The Labute approximate surface area is 153 Å². The second-order valence-corrected chi connectivity index (χ2v) is 6.70. The van der Waals surface area contributed by atoms with Gasteiger partial charge in [-0.15, -0.1) is 0 Å². The molecule has 1 aliphatic rings. The van der Waals surface area contributed by atoms with E-state index >= 15 is 0 Å². The van der Waals surface area contributed by atoms with Gasteiger partial charge in [0, 0.05) is 12.1 Å². The Kier molecular flexibility index (Phi) is 7.53. The SMILES string of the molecule is C[C@H](NC(=O)[C@@H](C)Nc1cnc(C=CC(=O)NO)cn1)C1CCCCC1. The summed E-state index contributed by atoms with van der Waals surface area (Å²) in [5, 5.41) is 14.5. The van der Waals surface area contributed by atoms with Crippen LogP contribution in [0, 0.1) is 5.92 Å². The topological polar surface area (TPSA) is 116 Å². The monoisotopic (exact) mass is 361 g/mol. The van der Waals surface area contributed by atoms with E-state index in [0.29, 0.717) is 17.4 Å². The second-order valence-electron chi connectivity index (χ2n) is 6.70. The maximum absolute atomic E-state index is 12.4. The van der Waals surface area contributed by atoms with Crippen LogP contribution in [-0.2, 0) is 9.59 Å². The first-order chi connectivity index (χ1) is 12.5. The highest BCUT2D eigenvalue weighted by atomic mass is 16.5. The molecular formula is C18H27N5O3. The van der Waals surface area contributed by atoms with Gasteiger partial charge in [-0.25, -0.2) is 10.5 Å². The van der Waals surface area contributed by atoms with Gasteiger partial charge in [0.05, 0.1) is 18.1 Å². The largest absolute Gasteiger partial charge is 0.357 e. The molecule has 0 unspecified atom stereocenters. The molecule has 0 spiro atoms. The van der Waals surface area contributed by atoms with E-state index in [-0.39, 0.29) is 11.9 Å². The highest BCUT2D eigenvalue weighted by Gasteiger charge is 2.23. The Morgan fingerprint density at radius 2 is 1.92 bits per heavy atom. The molecule has 26 heavy (non-hydrogen) atoms. The van der Waals surface area contributed by atoms with Crippen LogP contribution in [0.1, 0.15) is 51.6 Å². The number of amides is 2. The van der Waals surface area contributed by atoms with Gasteiger partial charge in [0.15, 0.2) is 0 Å². The molecule has 4 N–H and O–H groups in total. The molecule has 0 radical (unpaired) electrons. The number of hydroxylamine groups is 1. The van der Waals surface area contributed by atoms with Gasteiger partial charge < -0.3 is 10.6 Å². The molecule has 0 saturated heterocycles. The number of anilines is 1. The Bertz CT molecular complexity index is 626. The maximum atomic E-state index is 12.4. The molecule has 1 aliphatic carbocycles. The third-order valence-electron chi connectivity index (χ3n) is 4.67. The number of carbonyl (C=O) groups is 2. The summed E-state index contributed by atoms with van der Waals surface area (Å²) in [6.45, 7) is 3.86. The van der Waals surface area contributed by atoms with Gasteiger partial charge in [-0.2, -0.15) is 0 Å². The second kappa shape index (κ2) is 9.86. The minimum Gasteiger partial charge on any atom is -0.357 e. The van der Waals surface area contributed by atoms with Gasteiger partial charge >= 0.3 is 0 Å². The molecule has 142 valence electrons. The number of rotatable bonds is 7. The molecular weight excluding hydrogens is 334 g/mol. The van der Waals surface area contributed by atoms with Crippen molar-refractivity contribution in [2.24, 2.45) is 5.92 Å². The average molecular weight is 361 g/mol. The molecule has 1 aromatic heterocycles. The lowest BCUT2D eigenvalue weighted by atomic mass is 9.84. The third kappa shape index (κ3) is 6.11. The number of hydrogen-bond acceptors (Lipinski definition) is 6. The molecule has 0 aromatic carbocycles. The van der Waals surface area contributed by atoms with E-state index in [0.717, 1.165) is 6.08 Å². The van der Waals surface area contributed by atoms with E-state index in [1.54, 1.807) is 6.92 Å². The van der Waals surface area contributed by atoms with Crippen molar-refractivity contribution in [1.29, 1.82) is 0 Å². The fourth-order valence-electron chi connectivity index (χ4n) is 3.09. The van der Waals surface area contributed by atoms with Crippen molar-refractivity contribution in [3.8, 4) is 0 Å². The molecule has 1 fully saturated rings. The molecule has 2 atom stereocenters. The lowest BCUT2D eigenvalue weighted by Gasteiger charge is -2.29. The molecule has 1 heterocycles. The van der Waals surface area contributed by atoms with Gasteiger partial charge in [0.2, 0.25) is 5.91 Å². The molecule has 1 aromatic rings. The van der Waals surface area contributed by atoms with Crippen LogP contribution in [-0.4, -0.2) is 39.1 Å². The fourth-order valence-corrected chi connectivity index (χ4v) is 3.09. The van der Waals surface area contributed by atoms with Crippen molar-refractivity contribution in [2.45, 2.75) is 58.0 Å². The van der Waals surface area contributed by atoms with Gasteiger partial charge in [-0.05, 0) is 38.7 Å². The van der Waals surface area contributed by atoms with Crippen molar-refractivity contribution < 1.29 is 14.8 Å². The summed E-state index contributed by atoms with van der Waals surface area (Å²) in [7, 11) is 0. The molecule has 0 bridgehead atoms. The van der Waals surface area contributed by atoms with Crippen molar-refractivity contribution in [3.05, 3.63) is 24.2 Å². The Balaban J connectivity index is 1.84. The van der Waals surface area contributed by atoms with Crippen LogP contribution < -0.4 is 16.1 Å².